The third-order valence-electron chi connectivity index (χ3n) is 4.29. The molecule has 1 aromatic carbocycles. The minimum absolute atomic E-state index is 0.000326. The number of aldehydes is 1. The number of rotatable bonds is 3. The minimum atomic E-state index is -4.86. The van der Waals surface area contributed by atoms with Crippen molar-refractivity contribution in [2.75, 3.05) is 0 Å². The van der Waals surface area contributed by atoms with Crippen LogP contribution in [0, 0.1) is 5.92 Å². The zero-order valence-corrected chi connectivity index (χ0v) is 13.2. The van der Waals surface area contributed by atoms with E-state index in [1.54, 1.807) is 24.3 Å². The van der Waals surface area contributed by atoms with Crippen LogP contribution >= 0.6 is 0 Å². The van der Waals surface area contributed by atoms with Crippen molar-refractivity contribution in [3.8, 4) is 0 Å². The molecule has 138 valence electrons. The number of carbonyl (C=O) groups excluding carboxylic acids is 1. The summed E-state index contributed by atoms with van der Waals surface area (Å²) >= 11 is 0. The van der Waals surface area contributed by atoms with Gasteiger partial charge in [-0.25, -0.2) is 0 Å². The Morgan fingerprint density at radius 1 is 1.12 bits per heavy atom. The van der Waals surface area contributed by atoms with Crippen LogP contribution < -0.4 is 0 Å². The van der Waals surface area contributed by atoms with E-state index in [-0.39, 0.29) is 18.2 Å². The number of carbonyl (C=O) groups is 1. The molecule has 0 saturated heterocycles. The van der Waals surface area contributed by atoms with Crippen LogP contribution in [-0.2, 0) is 6.54 Å². The predicted octanol–water partition coefficient (Wildman–Crippen LogP) is 5.45. The van der Waals surface area contributed by atoms with Gasteiger partial charge in [0.15, 0.2) is 6.29 Å². The van der Waals surface area contributed by atoms with Gasteiger partial charge >= 0.3 is 12.4 Å². The molecule has 0 aliphatic heterocycles. The number of allylic oxidation sites excluding steroid dienone is 4. The Kier molecular flexibility index (Phi) is 4.46. The van der Waals surface area contributed by atoms with Crippen LogP contribution in [0.5, 0.6) is 0 Å². The normalized spacial score (nSPS) is 18.6. The molecule has 1 heterocycles. The van der Waals surface area contributed by atoms with Crippen molar-refractivity contribution in [2.24, 2.45) is 5.92 Å². The first-order valence-electron chi connectivity index (χ1n) is 7.68. The fraction of sp³-hybridized carbons (Fsp3) is 0.278. The van der Waals surface area contributed by atoms with Gasteiger partial charge in [-0.1, -0.05) is 24.3 Å². The van der Waals surface area contributed by atoms with Crippen LogP contribution in [0.15, 0.2) is 53.8 Å². The van der Waals surface area contributed by atoms with Crippen molar-refractivity contribution in [3.05, 3.63) is 59.3 Å². The maximum absolute atomic E-state index is 13.0. The first-order valence-corrected chi connectivity index (χ1v) is 7.68. The van der Waals surface area contributed by atoms with Gasteiger partial charge in [0.05, 0.1) is 11.5 Å². The molecule has 3 rings (SSSR count). The van der Waals surface area contributed by atoms with E-state index in [1.165, 1.54) is 10.8 Å². The van der Waals surface area contributed by atoms with Gasteiger partial charge in [-0.2, -0.15) is 26.3 Å². The Hall–Kier alpha value is -2.51. The zero-order valence-electron chi connectivity index (χ0n) is 13.2. The van der Waals surface area contributed by atoms with E-state index in [2.05, 4.69) is 0 Å². The summed E-state index contributed by atoms with van der Waals surface area (Å²) in [5.41, 5.74) is -0.397. The summed E-state index contributed by atoms with van der Waals surface area (Å²) in [5, 5.41) is 0.595. The first kappa shape index (κ1) is 18.3. The van der Waals surface area contributed by atoms with Crippen molar-refractivity contribution in [1.29, 1.82) is 0 Å². The van der Waals surface area contributed by atoms with Crippen molar-refractivity contribution in [3.63, 3.8) is 0 Å². The first-order chi connectivity index (χ1) is 12.1. The van der Waals surface area contributed by atoms with Crippen molar-refractivity contribution in [1.82, 2.24) is 4.57 Å². The lowest BCUT2D eigenvalue weighted by Gasteiger charge is -2.25. The maximum atomic E-state index is 13.0. The highest BCUT2D eigenvalue weighted by molar-refractivity contribution is 5.97. The number of hydrogen-bond donors (Lipinski definition) is 0. The highest BCUT2D eigenvalue weighted by Crippen LogP contribution is 2.41. The van der Waals surface area contributed by atoms with Gasteiger partial charge in [-0.15, -0.1) is 0 Å². The standard InChI is InChI=1S/C18H13F6NO/c19-17(20,21)13-5-11(6-14(7-13)18(22,23)24)8-25-9-12(10-26)15-3-1-2-4-16(15)25/h1-5,7,9-10,14H,6,8H2. The SMILES string of the molecule is O=Cc1cn(CC2=CC(C(F)(F)F)=CC(C(F)(F)F)C2)c2ccccc12. The molecule has 0 fully saturated rings. The molecule has 1 aliphatic carbocycles. The summed E-state index contributed by atoms with van der Waals surface area (Å²) in [4.78, 5) is 11.2. The van der Waals surface area contributed by atoms with E-state index in [4.69, 9.17) is 0 Å². The van der Waals surface area contributed by atoms with Gasteiger partial charge in [0.1, 0.15) is 0 Å². The van der Waals surface area contributed by atoms with Crippen molar-refractivity contribution >= 4 is 17.2 Å². The molecule has 0 spiro atoms. The molecule has 0 radical (unpaired) electrons. The lowest BCUT2D eigenvalue weighted by atomic mass is 9.89. The Balaban J connectivity index is 2.00. The summed E-state index contributed by atoms with van der Waals surface area (Å²) in [6.45, 7) is -0.158. The monoisotopic (exact) mass is 373 g/mol. The second kappa shape index (κ2) is 6.34. The summed E-state index contributed by atoms with van der Waals surface area (Å²) in [6.07, 6.45) is -7.14. The molecule has 2 aromatic rings. The summed E-state index contributed by atoms with van der Waals surface area (Å²) in [5.74, 6) is -2.19. The lowest BCUT2D eigenvalue weighted by molar-refractivity contribution is -0.162. The van der Waals surface area contributed by atoms with Gasteiger partial charge in [-0.3, -0.25) is 4.79 Å². The van der Waals surface area contributed by atoms with E-state index in [9.17, 15) is 31.1 Å². The maximum Gasteiger partial charge on any atom is 0.416 e. The molecule has 0 bridgehead atoms. The van der Waals surface area contributed by atoms with Gasteiger partial charge < -0.3 is 4.57 Å². The number of halogens is 6. The van der Waals surface area contributed by atoms with Crippen LogP contribution in [0.25, 0.3) is 10.9 Å². The van der Waals surface area contributed by atoms with Crippen LogP contribution in [0.2, 0.25) is 0 Å². The molecule has 26 heavy (non-hydrogen) atoms. The van der Waals surface area contributed by atoms with Crippen LogP contribution in [0.3, 0.4) is 0 Å². The molecule has 1 aliphatic rings. The van der Waals surface area contributed by atoms with Gasteiger partial charge in [0.25, 0.3) is 0 Å². The molecule has 0 N–H and O–H groups in total. The fourth-order valence-electron chi connectivity index (χ4n) is 3.10. The number of aromatic nitrogens is 1. The molecular weight excluding hydrogens is 360 g/mol. The number of benzene rings is 1. The second-order valence-corrected chi connectivity index (χ2v) is 6.12. The number of para-hydroxylation sites is 1. The Bertz CT molecular complexity index is 901. The van der Waals surface area contributed by atoms with Crippen molar-refractivity contribution < 1.29 is 31.1 Å². The van der Waals surface area contributed by atoms with Crippen LogP contribution in [0.1, 0.15) is 16.8 Å². The quantitative estimate of drug-likeness (QED) is 0.518. The fourth-order valence-corrected chi connectivity index (χ4v) is 3.10. The molecule has 0 amide bonds. The van der Waals surface area contributed by atoms with Crippen LogP contribution in [0.4, 0.5) is 26.3 Å². The van der Waals surface area contributed by atoms with E-state index >= 15 is 0 Å². The molecule has 1 unspecified atom stereocenters. The molecular formula is C18H13F6NO. The topological polar surface area (TPSA) is 22.0 Å². The molecule has 1 atom stereocenters. The average molecular weight is 373 g/mol. The second-order valence-electron chi connectivity index (χ2n) is 6.12. The van der Waals surface area contributed by atoms with Crippen molar-refractivity contribution in [2.45, 2.75) is 25.3 Å². The molecule has 0 saturated carbocycles. The van der Waals surface area contributed by atoms with Gasteiger partial charge in [0, 0.05) is 29.2 Å². The zero-order chi connectivity index (χ0) is 19.1. The third kappa shape index (κ3) is 3.54. The Labute approximate surface area is 144 Å². The van der Waals surface area contributed by atoms with E-state index in [0.717, 1.165) is 6.08 Å². The molecule has 1 aromatic heterocycles. The molecule has 2 nitrogen and oxygen atoms in total. The lowest BCUT2D eigenvalue weighted by Crippen LogP contribution is -2.27. The highest BCUT2D eigenvalue weighted by Gasteiger charge is 2.43. The predicted molar refractivity (Wildman–Crippen MR) is 83.7 cm³/mol. The van der Waals surface area contributed by atoms with Gasteiger partial charge in [0.2, 0.25) is 0 Å². The number of hydrogen-bond acceptors (Lipinski definition) is 1. The number of alkyl halides is 6. The van der Waals surface area contributed by atoms with E-state index in [0.29, 0.717) is 22.8 Å². The van der Waals surface area contributed by atoms with E-state index < -0.39 is 30.3 Å². The number of nitrogens with zero attached hydrogens (tertiary/aromatic N) is 1. The largest absolute Gasteiger partial charge is 0.416 e. The summed E-state index contributed by atoms with van der Waals surface area (Å²) in [7, 11) is 0. The Morgan fingerprint density at radius 3 is 2.42 bits per heavy atom. The minimum Gasteiger partial charge on any atom is -0.343 e. The third-order valence-corrected chi connectivity index (χ3v) is 4.29. The smallest absolute Gasteiger partial charge is 0.343 e. The average Bonchev–Trinajstić information content (AvgIpc) is 2.91. The summed E-state index contributed by atoms with van der Waals surface area (Å²) < 4.78 is 79.6. The van der Waals surface area contributed by atoms with Crippen LogP contribution in [-0.4, -0.2) is 23.2 Å². The highest BCUT2D eigenvalue weighted by atomic mass is 19.4. The summed E-state index contributed by atoms with van der Waals surface area (Å²) in [6, 6.07) is 6.71. The van der Waals surface area contributed by atoms with E-state index in [1.807, 2.05) is 0 Å². The Morgan fingerprint density at radius 2 is 1.81 bits per heavy atom. The molecule has 8 heteroatoms. The van der Waals surface area contributed by atoms with Gasteiger partial charge in [-0.05, 0) is 24.1 Å². The number of fused-ring (bicyclic) bond motifs is 1.